The number of nitrogens with two attached hydrogens (primary N) is 3. The summed E-state index contributed by atoms with van der Waals surface area (Å²) in [5.74, 6) is -3.99. The average Bonchev–Trinajstić information content (AvgIpc) is 1.99. The molecule has 8 aromatic heterocycles. The quantitative estimate of drug-likeness (QED) is 0.0449. The molecule has 12 rings (SSSR count). The number of halogens is 4. The van der Waals surface area contributed by atoms with Gasteiger partial charge in [0, 0.05) is 165 Å². The highest BCUT2D eigenvalue weighted by atomic mass is 32.1. The molecule has 2 fully saturated rings. The zero-order valence-corrected chi connectivity index (χ0v) is 49.4. The highest BCUT2D eigenvalue weighted by Crippen LogP contribution is 2.38. The lowest BCUT2D eigenvalue weighted by atomic mass is 9.99. The second kappa shape index (κ2) is 27.9. The number of likely N-dealkylation sites (tertiary alicyclic amines) is 2. The Bertz CT molecular complexity index is 4190. The predicted molar refractivity (Wildman–Crippen MR) is 344 cm³/mol. The number of piperidine rings is 2. The van der Waals surface area contributed by atoms with Crippen LogP contribution in [0.3, 0.4) is 0 Å². The molecule has 0 bridgehead atoms. The summed E-state index contributed by atoms with van der Waals surface area (Å²) in [6, 6.07) is 34.1. The maximum absolute atomic E-state index is 13.6. The number of carboxylic acid groups (broad SMARTS) is 1. The van der Waals surface area contributed by atoms with Gasteiger partial charge in [0.2, 0.25) is 0 Å². The summed E-state index contributed by atoms with van der Waals surface area (Å²) in [5, 5.41) is 10.1. The second-order valence-corrected chi connectivity index (χ2v) is 21.9. The number of fused-ring (bicyclic) bond motifs is 2. The number of carboxylic acids is 1. The molecule has 7 N–H and O–H groups in total. The zero-order valence-electron chi connectivity index (χ0n) is 47.8. The first-order chi connectivity index (χ1) is 42.9. The summed E-state index contributed by atoms with van der Waals surface area (Å²) < 4.78 is 66.5. The molecule has 2 aromatic carbocycles. The Morgan fingerprint density at radius 3 is 1.39 bits per heavy atom. The van der Waals surface area contributed by atoms with Gasteiger partial charge in [-0.3, -0.25) is 24.7 Å². The van der Waals surface area contributed by atoms with E-state index in [1.54, 1.807) is 73.7 Å². The molecule has 2 aliphatic heterocycles. The Morgan fingerprint density at radius 1 is 0.551 bits per heavy atom. The standard InChI is InChI=1S/C34H29F2N5O2S.C25H22F2N4OS.C8H8N2O2/c35-34(36)11-15-41(16-12-34)33(44)24-3-7-30(39-21-24)25-17-26-18-28(43-32(26)29(19-25)23-9-13-38-14-10-23)6-5-27(42)4-1-22-2-8-31(37)40-20-22;26-25(27)5-9-31(10-6-25)24(33)17-1-2-22(30-15-17)18-11-19-12-20(14-28)32-23(19)21(13-18)16-3-7-29-8-4-16;9-7-3-1-6(5-10-7)2-4-8(11)12/h1-4,7-10,13-14,17-21H,5-6,11-12,15-16H2,(H2,37,40);1-4,7-8,11-13,15H,5-6,9-10,14,28H2;1-5H,(H2,9,10)(H,11,12)/b4-1+;;4-2+. The lowest BCUT2D eigenvalue weighted by molar-refractivity contribution is -0.131. The van der Waals surface area contributed by atoms with Gasteiger partial charge in [0.15, 0.2) is 5.78 Å². The van der Waals surface area contributed by atoms with Gasteiger partial charge in [0.1, 0.15) is 44.3 Å². The number of pyridine rings is 6. The summed E-state index contributed by atoms with van der Waals surface area (Å²) in [5.41, 5.74) is 28.3. The third-order valence-electron chi connectivity index (χ3n) is 14.8. The van der Waals surface area contributed by atoms with Crippen LogP contribution in [-0.2, 0) is 22.6 Å². The summed E-state index contributed by atoms with van der Waals surface area (Å²) >= 11 is 11.2. The van der Waals surface area contributed by atoms with Crippen LogP contribution in [0, 0.1) is 0 Å². The fraction of sp³-hybridized carbons (Fsp3) is 0.194. The fourth-order valence-electron chi connectivity index (χ4n) is 9.96. The van der Waals surface area contributed by atoms with E-state index < -0.39 is 17.8 Å². The topological polar surface area (TPSA) is 243 Å². The maximum Gasteiger partial charge on any atom is 0.328 e. The third kappa shape index (κ3) is 16.2. The lowest BCUT2D eigenvalue weighted by Crippen LogP contribution is -2.42. The van der Waals surface area contributed by atoms with Crippen molar-refractivity contribution in [2.45, 2.75) is 56.9 Å². The van der Waals surface area contributed by atoms with Gasteiger partial charge in [0.05, 0.1) is 17.9 Å². The van der Waals surface area contributed by atoms with Gasteiger partial charge in [-0.1, -0.05) is 24.4 Å². The minimum Gasteiger partial charge on any atom is -0.478 e. The molecular formula is C67H59F4N11O5S2. The number of allylic oxidation sites excluding steroid dienone is 1. The maximum atomic E-state index is 13.6. The van der Waals surface area contributed by atoms with Crippen molar-refractivity contribution in [3.8, 4) is 44.8 Å². The predicted octanol–water partition coefficient (Wildman–Crippen LogP) is 13.3. The Hall–Kier alpha value is -9.90. The SMILES string of the molecule is NCc1cc2cc(-c3ccc(C(=S)N4CCC(F)(F)CC4)cn3)cc(-c3ccncc3)c2o1.Nc1ccc(/C=C/C(=O)CCc2cc3cc(-c4ccc(C(=S)N5CCC(F)(F)CC5)cn4)cc(-c4ccncc4)c3o2)cn1.Nc1ccc(/C=C/C(=O)O)cn1. The molecule has 22 heteroatoms. The zero-order chi connectivity index (χ0) is 62.7. The highest BCUT2D eigenvalue weighted by Gasteiger charge is 2.36. The Balaban J connectivity index is 0.000000170. The van der Waals surface area contributed by atoms with E-state index in [1.165, 1.54) is 18.3 Å². The molecule has 10 heterocycles. The first-order valence-electron chi connectivity index (χ1n) is 28.3. The number of benzene rings is 2. The number of aryl methyl sites for hydroxylation is 1. The number of carbonyl (C=O) groups is 2. The fourth-order valence-corrected chi connectivity index (χ4v) is 10.6. The van der Waals surface area contributed by atoms with Gasteiger partial charge in [-0.05, 0) is 150 Å². The first kappa shape index (κ1) is 62.2. The molecule has 89 heavy (non-hydrogen) atoms. The largest absolute Gasteiger partial charge is 0.478 e. The van der Waals surface area contributed by atoms with E-state index in [2.05, 4.69) is 29.9 Å². The van der Waals surface area contributed by atoms with Crippen molar-refractivity contribution in [3.63, 3.8) is 0 Å². The molecular weight excluding hydrogens is 1180 g/mol. The Kier molecular flexibility index (Phi) is 19.5. The molecule has 0 unspecified atom stereocenters. The molecule has 452 valence electrons. The number of aromatic nitrogens is 6. The van der Waals surface area contributed by atoms with E-state index in [9.17, 15) is 27.2 Å². The second-order valence-electron chi connectivity index (χ2n) is 21.2. The molecule has 2 aliphatic rings. The Morgan fingerprint density at radius 2 is 0.989 bits per heavy atom. The molecule has 16 nitrogen and oxygen atoms in total. The van der Waals surface area contributed by atoms with Crippen LogP contribution in [0.1, 0.15) is 65.9 Å². The number of carbonyl (C=O) groups excluding carboxylic acids is 1. The van der Waals surface area contributed by atoms with Gasteiger partial charge in [-0.2, -0.15) is 0 Å². The molecule has 2 saturated heterocycles. The molecule has 0 aliphatic carbocycles. The van der Waals surface area contributed by atoms with Crippen LogP contribution >= 0.6 is 24.4 Å². The molecule has 10 aromatic rings. The van der Waals surface area contributed by atoms with Gasteiger partial charge in [-0.25, -0.2) is 32.3 Å². The number of anilines is 2. The van der Waals surface area contributed by atoms with Gasteiger partial charge in [0.25, 0.3) is 11.8 Å². The van der Waals surface area contributed by atoms with Crippen LogP contribution < -0.4 is 17.2 Å². The molecule has 0 radical (unpaired) electrons. The van der Waals surface area contributed by atoms with Crippen molar-refractivity contribution in [1.82, 2.24) is 39.7 Å². The van der Waals surface area contributed by atoms with Gasteiger partial charge in [-0.15, -0.1) is 0 Å². The van der Waals surface area contributed by atoms with Crippen LogP contribution in [0.4, 0.5) is 29.2 Å². The van der Waals surface area contributed by atoms with Gasteiger partial charge < -0.3 is 40.9 Å². The van der Waals surface area contributed by atoms with E-state index in [1.807, 2.05) is 94.7 Å². The van der Waals surface area contributed by atoms with E-state index >= 15 is 0 Å². The van der Waals surface area contributed by atoms with Crippen molar-refractivity contribution < 1.29 is 41.1 Å². The number of nitrogen functional groups attached to an aromatic ring is 2. The van der Waals surface area contributed by atoms with Crippen molar-refractivity contribution in [1.29, 1.82) is 0 Å². The monoisotopic (exact) mass is 1240 g/mol. The number of nitrogens with zero attached hydrogens (tertiary/aromatic N) is 8. The minimum atomic E-state index is -2.63. The third-order valence-corrected chi connectivity index (χ3v) is 15.8. The number of furan rings is 2. The van der Waals surface area contributed by atoms with Crippen LogP contribution in [0.25, 0.3) is 78.9 Å². The number of aliphatic carboxylic acids is 1. The molecule has 0 atom stereocenters. The van der Waals surface area contributed by atoms with Crippen molar-refractivity contribution in [2.24, 2.45) is 5.73 Å². The van der Waals surface area contributed by atoms with Crippen LogP contribution in [-0.4, -0.2) is 105 Å². The number of ketones is 1. The number of hydrogen-bond donors (Lipinski definition) is 4. The normalized spacial score (nSPS) is 14.5. The van der Waals surface area contributed by atoms with Crippen molar-refractivity contribution >= 4 is 91.9 Å². The van der Waals surface area contributed by atoms with Crippen LogP contribution in [0.5, 0.6) is 0 Å². The Labute approximate surface area is 519 Å². The van der Waals surface area contributed by atoms with Crippen LogP contribution in [0.15, 0.2) is 180 Å². The van der Waals surface area contributed by atoms with Gasteiger partial charge >= 0.3 is 5.97 Å². The van der Waals surface area contributed by atoms with Crippen molar-refractivity contribution in [3.05, 3.63) is 205 Å². The number of alkyl halides is 4. The molecule has 0 amide bonds. The lowest BCUT2D eigenvalue weighted by Gasteiger charge is -2.33. The van der Waals surface area contributed by atoms with Crippen LogP contribution in [0.2, 0.25) is 0 Å². The minimum absolute atomic E-state index is 0.0298. The summed E-state index contributed by atoms with van der Waals surface area (Å²) in [4.78, 5) is 52.8. The summed E-state index contributed by atoms with van der Waals surface area (Å²) in [6.45, 7) is 1.27. The number of hydrogen-bond acceptors (Lipinski definition) is 15. The first-order valence-corrected chi connectivity index (χ1v) is 29.1. The number of thiocarbonyl (C=S) groups is 2. The van der Waals surface area contributed by atoms with E-state index in [0.717, 1.165) is 83.9 Å². The summed E-state index contributed by atoms with van der Waals surface area (Å²) in [7, 11) is 0. The van der Waals surface area contributed by atoms with E-state index in [-0.39, 0.29) is 64.1 Å². The van der Waals surface area contributed by atoms with E-state index in [4.69, 9.17) is 55.6 Å². The average molecular weight is 1240 g/mol. The molecule has 0 saturated carbocycles. The summed E-state index contributed by atoms with van der Waals surface area (Å²) in [6.07, 6.45) is 19.2. The molecule has 0 spiro atoms. The smallest absolute Gasteiger partial charge is 0.328 e. The highest BCUT2D eigenvalue weighted by molar-refractivity contribution is 7.81. The van der Waals surface area contributed by atoms with Crippen molar-refractivity contribution in [2.75, 3.05) is 37.6 Å². The van der Waals surface area contributed by atoms with E-state index in [0.29, 0.717) is 57.2 Å². The number of rotatable bonds is 14.